The number of benzene rings is 1. The summed E-state index contributed by atoms with van der Waals surface area (Å²) in [4.78, 5) is 24.4. The largest absolute Gasteiger partial charge is 0.481 e. The highest BCUT2D eigenvalue weighted by Gasteiger charge is 2.20. The fourth-order valence-corrected chi connectivity index (χ4v) is 2.37. The monoisotopic (exact) mass is 425 g/mol. The van der Waals surface area contributed by atoms with Crippen molar-refractivity contribution in [2.45, 2.75) is 6.92 Å². The van der Waals surface area contributed by atoms with E-state index in [0.717, 1.165) is 8.04 Å². The van der Waals surface area contributed by atoms with Gasteiger partial charge in [0.05, 0.1) is 11.5 Å². The van der Waals surface area contributed by atoms with Crippen molar-refractivity contribution in [1.29, 1.82) is 0 Å². The minimum Gasteiger partial charge on any atom is -0.481 e. The van der Waals surface area contributed by atoms with Crippen LogP contribution in [0.3, 0.4) is 0 Å². The molecule has 18 heavy (non-hydrogen) atoms. The van der Waals surface area contributed by atoms with E-state index < -0.39 is 11.9 Å². The lowest BCUT2D eigenvalue weighted by Gasteiger charge is -2.20. The molecule has 6 heteroatoms. The number of carbonyl (C=O) groups is 2. The molecule has 0 aromatic heterocycles. The summed E-state index contributed by atoms with van der Waals surface area (Å²) in [5, 5.41) is 8.83. The van der Waals surface area contributed by atoms with Gasteiger partial charge in [0.1, 0.15) is 0 Å². The number of hydrogen-bond donors (Lipinski definition) is 1. The molecule has 0 spiro atoms. The first-order valence-corrected chi connectivity index (χ1v) is 7.13. The van der Waals surface area contributed by atoms with Gasteiger partial charge in [-0.1, -0.05) is 22.9 Å². The Hall–Kier alpha value is -0.630. The van der Waals surface area contributed by atoms with E-state index in [1.807, 2.05) is 12.1 Å². The van der Waals surface area contributed by atoms with E-state index in [9.17, 15) is 9.59 Å². The molecule has 1 aromatic carbocycles. The average Bonchev–Trinajstić information content (AvgIpc) is 2.31. The zero-order valence-electron chi connectivity index (χ0n) is 9.98. The molecule has 1 amide bonds. The van der Waals surface area contributed by atoms with Crippen LogP contribution < -0.4 is 0 Å². The van der Waals surface area contributed by atoms with Gasteiger partial charge in [-0.25, -0.2) is 0 Å². The highest BCUT2D eigenvalue weighted by molar-refractivity contribution is 14.1. The zero-order valence-corrected chi connectivity index (χ0v) is 13.7. The first-order valence-electron chi connectivity index (χ1n) is 5.26. The van der Waals surface area contributed by atoms with Crippen molar-refractivity contribution in [3.8, 4) is 0 Å². The summed E-state index contributed by atoms with van der Waals surface area (Å²) in [6.07, 6.45) is 0. The SMILES string of the molecule is CC(CN(C)C(=O)c1cc(Br)ccc1I)C(=O)O. The van der Waals surface area contributed by atoms with Crippen molar-refractivity contribution >= 4 is 50.4 Å². The van der Waals surface area contributed by atoms with Gasteiger partial charge in [0, 0.05) is 21.6 Å². The number of amides is 1. The number of hydrogen-bond acceptors (Lipinski definition) is 2. The second kappa shape index (κ2) is 6.51. The van der Waals surface area contributed by atoms with Gasteiger partial charge in [-0.05, 0) is 40.8 Å². The number of carbonyl (C=O) groups excluding carboxylic acids is 1. The lowest BCUT2D eigenvalue weighted by atomic mass is 10.1. The fraction of sp³-hybridized carbons (Fsp3) is 0.333. The fourth-order valence-electron chi connectivity index (χ4n) is 1.44. The molecule has 1 N–H and O–H groups in total. The van der Waals surface area contributed by atoms with Gasteiger partial charge in [-0.2, -0.15) is 0 Å². The van der Waals surface area contributed by atoms with E-state index in [-0.39, 0.29) is 12.5 Å². The highest BCUT2D eigenvalue weighted by atomic mass is 127. The van der Waals surface area contributed by atoms with Crippen LogP contribution in [0.5, 0.6) is 0 Å². The summed E-state index contributed by atoms with van der Waals surface area (Å²) in [6.45, 7) is 1.77. The number of carboxylic acid groups (broad SMARTS) is 1. The molecule has 0 radical (unpaired) electrons. The summed E-state index contributed by atoms with van der Waals surface area (Å²) in [7, 11) is 1.61. The topological polar surface area (TPSA) is 57.6 Å². The molecule has 0 aliphatic heterocycles. The summed E-state index contributed by atoms with van der Waals surface area (Å²) in [5.74, 6) is -1.66. The Morgan fingerprint density at radius 1 is 1.50 bits per heavy atom. The smallest absolute Gasteiger partial charge is 0.308 e. The van der Waals surface area contributed by atoms with Crippen LogP contribution in [0.15, 0.2) is 22.7 Å². The standard InChI is InChI=1S/C12H13BrINO3/c1-7(12(17)18)6-15(2)11(16)9-5-8(13)3-4-10(9)14/h3-5,7H,6H2,1-2H3,(H,17,18). The van der Waals surface area contributed by atoms with Crippen LogP contribution in [0.4, 0.5) is 0 Å². The first kappa shape index (κ1) is 15.4. The van der Waals surface area contributed by atoms with Crippen molar-refractivity contribution in [2.75, 3.05) is 13.6 Å². The van der Waals surface area contributed by atoms with Gasteiger partial charge in [-0.15, -0.1) is 0 Å². The third kappa shape index (κ3) is 3.94. The van der Waals surface area contributed by atoms with Gasteiger partial charge < -0.3 is 10.0 Å². The van der Waals surface area contributed by atoms with Gasteiger partial charge >= 0.3 is 5.97 Å². The summed E-state index contributed by atoms with van der Waals surface area (Å²) in [5.41, 5.74) is 0.574. The quantitative estimate of drug-likeness (QED) is 0.754. The highest BCUT2D eigenvalue weighted by Crippen LogP contribution is 2.20. The van der Waals surface area contributed by atoms with Crippen molar-refractivity contribution in [1.82, 2.24) is 4.90 Å². The molecule has 0 saturated carbocycles. The molecule has 1 rings (SSSR count). The van der Waals surface area contributed by atoms with Gasteiger partial charge in [0.15, 0.2) is 0 Å². The van der Waals surface area contributed by atoms with E-state index in [2.05, 4.69) is 38.5 Å². The third-order valence-electron chi connectivity index (χ3n) is 2.47. The molecule has 98 valence electrons. The van der Waals surface area contributed by atoms with Gasteiger partial charge in [0.2, 0.25) is 0 Å². The molecule has 0 aliphatic carbocycles. The molecule has 4 nitrogen and oxygen atoms in total. The molecule has 0 heterocycles. The lowest BCUT2D eigenvalue weighted by molar-refractivity contribution is -0.141. The Bertz CT molecular complexity index is 478. The van der Waals surface area contributed by atoms with Crippen LogP contribution in [-0.2, 0) is 4.79 Å². The van der Waals surface area contributed by atoms with Crippen LogP contribution >= 0.6 is 38.5 Å². The molecule has 0 saturated heterocycles. The molecule has 1 unspecified atom stereocenters. The minimum atomic E-state index is -0.904. The van der Waals surface area contributed by atoms with Crippen molar-refractivity contribution in [3.63, 3.8) is 0 Å². The number of rotatable bonds is 4. The normalized spacial score (nSPS) is 12.0. The van der Waals surface area contributed by atoms with Crippen LogP contribution in [0.25, 0.3) is 0 Å². The first-order chi connectivity index (χ1) is 8.32. The van der Waals surface area contributed by atoms with Crippen molar-refractivity contribution in [3.05, 3.63) is 31.8 Å². The number of halogens is 2. The Balaban J connectivity index is 2.86. The Kier molecular flexibility index (Phi) is 5.58. The summed E-state index contributed by atoms with van der Waals surface area (Å²) in [6, 6.07) is 5.44. The second-order valence-electron chi connectivity index (χ2n) is 4.05. The van der Waals surface area contributed by atoms with E-state index in [1.54, 1.807) is 20.0 Å². The van der Waals surface area contributed by atoms with Gasteiger partial charge in [-0.3, -0.25) is 9.59 Å². The maximum absolute atomic E-state index is 12.2. The van der Waals surface area contributed by atoms with Gasteiger partial charge in [0.25, 0.3) is 5.91 Å². The maximum atomic E-state index is 12.2. The molecular weight excluding hydrogens is 413 g/mol. The van der Waals surface area contributed by atoms with Crippen LogP contribution in [0, 0.1) is 9.49 Å². The van der Waals surface area contributed by atoms with E-state index >= 15 is 0 Å². The number of carboxylic acids is 1. The summed E-state index contributed by atoms with van der Waals surface area (Å²) >= 11 is 5.41. The Morgan fingerprint density at radius 3 is 2.67 bits per heavy atom. The Morgan fingerprint density at radius 2 is 2.11 bits per heavy atom. The molecular formula is C12H13BrINO3. The second-order valence-corrected chi connectivity index (χ2v) is 6.13. The van der Waals surface area contributed by atoms with Crippen LogP contribution in [0.2, 0.25) is 0 Å². The Labute approximate surface area is 128 Å². The predicted molar refractivity (Wildman–Crippen MR) is 80.6 cm³/mol. The lowest BCUT2D eigenvalue weighted by Crippen LogP contribution is -2.34. The third-order valence-corrected chi connectivity index (χ3v) is 3.91. The molecule has 0 aliphatic rings. The maximum Gasteiger partial charge on any atom is 0.308 e. The number of nitrogens with zero attached hydrogens (tertiary/aromatic N) is 1. The van der Waals surface area contributed by atoms with E-state index in [4.69, 9.17) is 5.11 Å². The average molecular weight is 426 g/mol. The van der Waals surface area contributed by atoms with E-state index in [0.29, 0.717) is 5.56 Å². The molecule has 0 fully saturated rings. The minimum absolute atomic E-state index is 0.172. The summed E-state index contributed by atoms with van der Waals surface area (Å²) < 4.78 is 1.67. The molecule has 1 atom stereocenters. The van der Waals surface area contributed by atoms with Crippen LogP contribution in [-0.4, -0.2) is 35.5 Å². The van der Waals surface area contributed by atoms with E-state index in [1.165, 1.54) is 4.90 Å². The van der Waals surface area contributed by atoms with Crippen molar-refractivity contribution in [2.24, 2.45) is 5.92 Å². The van der Waals surface area contributed by atoms with Crippen LogP contribution in [0.1, 0.15) is 17.3 Å². The predicted octanol–water partition coefficient (Wildman–Crippen LogP) is 2.85. The zero-order chi connectivity index (χ0) is 13.9. The molecule has 0 bridgehead atoms. The number of aliphatic carboxylic acids is 1. The van der Waals surface area contributed by atoms with Crippen molar-refractivity contribution < 1.29 is 14.7 Å². The molecule has 1 aromatic rings.